The van der Waals surface area contributed by atoms with E-state index in [9.17, 15) is 4.79 Å². The van der Waals surface area contributed by atoms with Crippen LogP contribution >= 0.6 is 0 Å². The van der Waals surface area contributed by atoms with Crippen molar-refractivity contribution >= 4 is 5.91 Å². The van der Waals surface area contributed by atoms with E-state index in [1.165, 1.54) is 0 Å². The molecule has 116 valence electrons. The van der Waals surface area contributed by atoms with E-state index >= 15 is 0 Å². The molecule has 1 unspecified atom stereocenters. The summed E-state index contributed by atoms with van der Waals surface area (Å²) in [6, 6.07) is 18.9. The van der Waals surface area contributed by atoms with Gasteiger partial charge in [0.1, 0.15) is 5.75 Å². The highest BCUT2D eigenvalue weighted by Crippen LogP contribution is 2.21. The Morgan fingerprint density at radius 2 is 1.64 bits per heavy atom. The summed E-state index contributed by atoms with van der Waals surface area (Å²) in [5.41, 5.74) is 0.840. The Hall–Kier alpha value is -2.33. The molecular formula is C18H22N2O2. The Balaban J connectivity index is 2.06. The molecule has 2 aromatic rings. The number of likely N-dealkylation sites (N-methyl/N-ethyl adjacent to an activating group) is 1. The SMILES string of the molecule is CCNCCNC(=O)C(Oc1ccccc1)c1ccccc1. The first-order valence-electron chi connectivity index (χ1n) is 7.56. The van der Waals surface area contributed by atoms with Crippen LogP contribution in [0.25, 0.3) is 0 Å². The third-order valence-corrected chi connectivity index (χ3v) is 3.19. The van der Waals surface area contributed by atoms with Crippen LogP contribution in [0.15, 0.2) is 60.7 Å². The first kappa shape index (κ1) is 16.0. The van der Waals surface area contributed by atoms with Gasteiger partial charge in [0.15, 0.2) is 0 Å². The first-order chi connectivity index (χ1) is 10.8. The predicted molar refractivity (Wildman–Crippen MR) is 87.8 cm³/mol. The van der Waals surface area contributed by atoms with Crippen LogP contribution in [0.4, 0.5) is 0 Å². The molecule has 2 rings (SSSR count). The van der Waals surface area contributed by atoms with Gasteiger partial charge in [-0.05, 0) is 18.7 Å². The predicted octanol–water partition coefficient (Wildman–Crippen LogP) is 2.53. The molecule has 0 bridgehead atoms. The molecule has 0 radical (unpaired) electrons. The lowest BCUT2D eigenvalue weighted by molar-refractivity contribution is -0.128. The average Bonchev–Trinajstić information content (AvgIpc) is 2.58. The van der Waals surface area contributed by atoms with Crippen molar-refractivity contribution in [2.24, 2.45) is 0 Å². The smallest absolute Gasteiger partial charge is 0.265 e. The molecule has 22 heavy (non-hydrogen) atoms. The Morgan fingerprint density at radius 3 is 2.27 bits per heavy atom. The fourth-order valence-corrected chi connectivity index (χ4v) is 2.08. The van der Waals surface area contributed by atoms with Gasteiger partial charge in [0, 0.05) is 18.7 Å². The van der Waals surface area contributed by atoms with Gasteiger partial charge in [-0.15, -0.1) is 0 Å². The average molecular weight is 298 g/mol. The fraction of sp³-hybridized carbons (Fsp3) is 0.278. The Labute approximate surface area is 131 Å². The molecule has 1 amide bonds. The van der Waals surface area contributed by atoms with Gasteiger partial charge in [0.25, 0.3) is 5.91 Å². The van der Waals surface area contributed by atoms with E-state index in [-0.39, 0.29) is 5.91 Å². The molecule has 0 aliphatic heterocycles. The Kier molecular flexibility index (Phi) is 6.45. The van der Waals surface area contributed by atoms with Gasteiger partial charge >= 0.3 is 0 Å². The Bertz CT molecular complexity index is 558. The highest BCUT2D eigenvalue weighted by Gasteiger charge is 2.22. The highest BCUT2D eigenvalue weighted by atomic mass is 16.5. The van der Waals surface area contributed by atoms with Crippen molar-refractivity contribution in [1.29, 1.82) is 0 Å². The van der Waals surface area contributed by atoms with Crippen molar-refractivity contribution in [3.63, 3.8) is 0 Å². The first-order valence-corrected chi connectivity index (χ1v) is 7.56. The molecule has 0 saturated carbocycles. The van der Waals surface area contributed by atoms with E-state index < -0.39 is 6.10 Å². The van der Waals surface area contributed by atoms with E-state index in [0.29, 0.717) is 12.3 Å². The summed E-state index contributed by atoms with van der Waals surface area (Å²) >= 11 is 0. The van der Waals surface area contributed by atoms with E-state index in [0.717, 1.165) is 18.7 Å². The lowest BCUT2D eigenvalue weighted by Gasteiger charge is -2.19. The molecule has 2 aromatic carbocycles. The molecule has 2 N–H and O–H groups in total. The number of rotatable bonds is 8. The lowest BCUT2D eigenvalue weighted by atomic mass is 10.1. The number of ether oxygens (including phenoxy) is 1. The summed E-state index contributed by atoms with van der Waals surface area (Å²) in [6.07, 6.45) is -0.648. The summed E-state index contributed by atoms with van der Waals surface area (Å²) in [5, 5.41) is 6.09. The van der Waals surface area contributed by atoms with Crippen molar-refractivity contribution in [2.75, 3.05) is 19.6 Å². The minimum absolute atomic E-state index is 0.132. The molecule has 0 spiro atoms. The zero-order valence-corrected chi connectivity index (χ0v) is 12.8. The number of carbonyl (C=O) groups is 1. The lowest BCUT2D eigenvalue weighted by Crippen LogP contribution is -2.36. The van der Waals surface area contributed by atoms with Gasteiger partial charge in [0.05, 0.1) is 0 Å². The molecule has 0 saturated heterocycles. The standard InChI is InChI=1S/C18H22N2O2/c1-2-19-13-14-20-18(21)17(15-9-5-3-6-10-15)22-16-11-7-4-8-12-16/h3-12,17,19H,2,13-14H2,1H3,(H,20,21). The van der Waals surface area contributed by atoms with Crippen LogP contribution in [-0.4, -0.2) is 25.5 Å². The second kappa shape index (κ2) is 8.85. The third-order valence-electron chi connectivity index (χ3n) is 3.19. The number of benzene rings is 2. The molecule has 0 aromatic heterocycles. The van der Waals surface area contributed by atoms with E-state index in [2.05, 4.69) is 10.6 Å². The van der Waals surface area contributed by atoms with Crippen LogP contribution in [0.5, 0.6) is 5.75 Å². The summed E-state index contributed by atoms with van der Waals surface area (Å²) in [6.45, 7) is 4.24. The molecule has 0 aliphatic carbocycles. The van der Waals surface area contributed by atoms with E-state index in [4.69, 9.17) is 4.74 Å². The monoisotopic (exact) mass is 298 g/mol. The Morgan fingerprint density at radius 1 is 1.00 bits per heavy atom. The summed E-state index contributed by atoms with van der Waals surface area (Å²) < 4.78 is 5.89. The van der Waals surface area contributed by atoms with Gasteiger partial charge in [-0.2, -0.15) is 0 Å². The van der Waals surface area contributed by atoms with Gasteiger partial charge in [0.2, 0.25) is 6.10 Å². The molecule has 0 fully saturated rings. The summed E-state index contributed by atoms with van der Waals surface area (Å²) in [5.74, 6) is 0.547. The van der Waals surface area contributed by atoms with Gasteiger partial charge in [-0.1, -0.05) is 55.5 Å². The molecule has 1 atom stereocenters. The number of amides is 1. The number of carbonyl (C=O) groups excluding carboxylic acids is 1. The molecule has 0 heterocycles. The molecule has 4 heteroatoms. The number of hydrogen-bond acceptors (Lipinski definition) is 3. The van der Waals surface area contributed by atoms with Crippen LogP contribution in [-0.2, 0) is 4.79 Å². The third kappa shape index (κ3) is 4.90. The second-order valence-electron chi connectivity index (χ2n) is 4.87. The molecule has 0 aliphatic rings. The van der Waals surface area contributed by atoms with Crippen molar-refractivity contribution in [3.05, 3.63) is 66.2 Å². The minimum atomic E-state index is -0.648. The van der Waals surface area contributed by atoms with E-state index in [1.54, 1.807) is 0 Å². The quantitative estimate of drug-likeness (QED) is 0.736. The van der Waals surface area contributed by atoms with Crippen molar-refractivity contribution in [3.8, 4) is 5.75 Å². The summed E-state index contributed by atoms with van der Waals surface area (Å²) in [4.78, 5) is 12.4. The van der Waals surface area contributed by atoms with E-state index in [1.807, 2.05) is 67.6 Å². The topological polar surface area (TPSA) is 50.4 Å². The van der Waals surface area contributed by atoms with Crippen molar-refractivity contribution in [2.45, 2.75) is 13.0 Å². The number of nitrogens with one attached hydrogen (secondary N) is 2. The van der Waals surface area contributed by atoms with Gasteiger partial charge in [-0.25, -0.2) is 0 Å². The fourth-order valence-electron chi connectivity index (χ4n) is 2.08. The van der Waals surface area contributed by atoms with Crippen molar-refractivity contribution in [1.82, 2.24) is 10.6 Å². The maximum Gasteiger partial charge on any atom is 0.265 e. The van der Waals surface area contributed by atoms with Gasteiger partial charge in [-0.3, -0.25) is 4.79 Å². The van der Waals surface area contributed by atoms with Crippen LogP contribution < -0.4 is 15.4 Å². The highest BCUT2D eigenvalue weighted by molar-refractivity contribution is 5.82. The van der Waals surface area contributed by atoms with Crippen LogP contribution in [0.2, 0.25) is 0 Å². The summed E-state index contributed by atoms with van der Waals surface area (Å²) in [7, 11) is 0. The maximum atomic E-state index is 12.4. The molecular weight excluding hydrogens is 276 g/mol. The normalized spacial score (nSPS) is 11.7. The minimum Gasteiger partial charge on any atom is -0.476 e. The van der Waals surface area contributed by atoms with Crippen LogP contribution in [0, 0.1) is 0 Å². The van der Waals surface area contributed by atoms with Crippen LogP contribution in [0.3, 0.4) is 0 Å². The number of hydrogen-bond donors (Lipinski definition) is 2. The van der Waals surface area contributed by atoms with Crippen molar-refractivity contribution < 1.29 is 9.53 Å². The molecule has 4 nitrogen and oxygen atoms in total. The maximum absolute atomic E-state index is 12.4. The largest absolute Gasteiger partial charge is 0.476 e. The zero-order valence-electron chi connectivity index (χ0n) is 12.8. The van der Waals surface area contributed by atoms with Crippen LogP contribution in [0.1, 0.15) is 18.6 Å². The second-order valence-corrected chi connectivity index (χ2v) is 4.87. The number of para-hydroxylation sites is 1. The van der Waals surface area contributed by atoms with Gasteiger partial charge < -0.3 is 15.4 Å². The zero-order chi connectivity index (χ0) is 15.6.